The molecule has 1 amide bonds. The van der Waals surface area contributed by atoms with Crippen molar-refractivity contribution in [2.24, 2.45) is 0 Å². The standard InChI is InChI=1S/C16H13ClN2OS/c1-9-4-2-3-5-12(9)19-16(20)15-14(18)11-7-6-10(17)8-13(11)21-15/h2-8H,18H2,1H3,(H,19,20). The molecule has 0 aliphatic heterocycles. The zero-order valence-corrected chi connectivity index (χ0v) is 12.9. The molecule has 5 heteroatoms. The summed E-state index contributed by atoms with van der Waals surface area (Å²) in [5, 5.41) is 4.40. The van der Waals surface area contributed by atoms with E-state index in [1.54, 1.807) is 6.07 Å². The van der Waals surface area contributed by atoms with Gasteiger partial charge in [0.15, 0.2) is 0 Å². The fourth-order valence-electron chi connectivity index (χ4n) is 2.15. The summed E-state index contributed by atoms with van der Waals surface area (Å²) >= 11 is 7.33. The smallest absolute Gasteiger partial charge is 0.267 e. The summed E-state index contributed by atoms with van der Waals surface area (Å²) in [6.45, 7) is 1.95. The number of fused-ring (bicyclic) bond motifs is 1. The Morgan fingerprint density at radius 2 is 2.00 bits per heavy atom. The number of carbonyl (C=O) groups is 1. The molecule has 0 radical (unpaired) electrons. The topological polar surface area (TPSA) is 55.1 Å². The van der Waals surface area contributed by atoms with Gasteiger partial charge in [0.1, 0.15) is 4.88 Å². The first kappa shape index (κ1) is 13.9. The van der Waals surface area contributed by atoms with E-state index in [9.17, 15) is 4.79 Å². The maximum Gasteiger partial charge on any atom is 0.267 e. The van der Waals surface area contributed by atoms with Gasteiger partial charge in [-0.05, 0) is 36.8 Å². The Kier molecular flexibility index (Phi) is 3.57. The van der Waals surface area contributed by atoms with E-state index in [-0.39, 0.29) is 5.91 Å². The van der Waals surface area contributed by atoms with E-state index in [2.05, 4.69) is 5.32 Å². The quantitative estimate of drug-likeness (QED) is 0.720. The molecule has 0 unspecified atom stereocenters. The van der Waals surface area contributed by atoms with Crippen molar-refractivity contribution in [3.05, 3.63) is 57.9 Å². The van der Waals surface area contributed by atoms with Gasteiger partial charge in [0.25, 0.3) is 5.91 Å². The third-order valence-corrected chi connectivity index (χ3v) is 4.69. The number of nitrogen functional groups attached to an aromatic ring is 1. The molecule has 3 nitrogen and oxygen atoms in total. The zero-order chi connectivity index (χ0) is 15.0. The first-order valence-electron chi connectivity index (χ1n) is 6.41. The largest absolute Gasteiger partial charge is 0.397 e. The lowest BCUT2D eigenvalue weighted by molar-refractivity contribution is 0.103. The minimum absolute atomic E-state index is 0.195. The molecule has 1 heterocycles. The summed E-state index contributed by atoms with van der Waals surface area (Å²) in [5.41, 5.74) is 8.38. The highest BCUT2D eigenvalue weighted by molar-refractivity contribution is 7.21. The highest BCUT2D eigenvalue weighted by atomic mass is 35.5. The van der Waals surface area contributed by atoms with Gasteiger partial charge in [-0.1, -0.05) is 29.8 Å². The number of anilines is 2. The van der Waals surface area contributed by atoms with Crippen molar-refractivity contribution in [1.29, 1.82) is 0 Å². The zero-order valence-electron chi connectivity index (χ0n) is 11.3. The summed E-state index contributed by atoms with van der Waals surface area (Å²) in [7, 11) is 0. The van der Waals surface area contributed by atoms with E-state index in [0.717, 1.165) is 21.3 Å². The molecule has 2 aromatic carbocycles. The molecule has 0 aliphatic rings. The van der Waals surface area contributed by atoms with Crippen LogP contribution in [0.2, 0.25) is 5.02 Å². The number of rotatable bonds is 2. The Morgan fingerprint density at radius 1 is 1.24 bits per heavy atom. The van der Waals surface area contributed by atoms with Crippen molar-refractivity contribution in [1.82, 2.24) is 0 Å². The summed E-state index contributed by atoms with van der Waals surface area (Å²) in [5.74, 6) is -0.195. The lowest BCUT2D eigenvalue weighted by Crippen LogP contribution is -2.12. The van der Waals surface area contributed by atoms with Crippen molar-refractivity contribution in [3.63, 3.8) is 0 Å². The molecule has 0 saturated carbocycles. The molecule has 3 aromatic rings. The van der Waals surface area contributed by atoms with Crippen molar-refractivity contribution >= 4 is 50.3 Å². The minimum atomic E-state index is -0.195. The van der Waals surface area contributed by atoms with E-state index in [0.29, 0.717) is 15.6 Å². The van der Waals surface area contributed by atoms with Crippen molar-refractivity contribution in [3.8, 4) is 0 Å². The average Bonchev–Trinajstić information content (AvgIpc) is 2.78. The van der Waals surface area contributed by atoms with E-state index < -0.39 is 0 Å². The monoisotopic (exact) mass is 316 g/mol. The lowest BCUT2D eigenvalue weighted by atomic mass is 10.2. The maximum atomic E-state index is 12.4. The number of benzene rings is 2. The van der Waals surface area contributed by atoms with Crippen LogP contribution in [-0.4, -0.2) is 5.91 Å². The van der Waals surface area contributed by atoms with E-state index in [1.807, 2.05) is 43.3 Å². The molecule has 0 atom stereocenters. The molecule has 3 N–H and O–H groups in total. The van der Waals surface area contributed by atoms with Crippen molar-refractivity contribution in [2.75, 3.05) is 11.1 Å². The number of carbonyl (C=O) groups excluding carboxylic acids is 1. The van der Waals surface area contributed by atoms with Crippen LogP contribution < -0.4 is 11.1 Å². The van der Waals surface area contributed by atoms with Crippen LogP contribution >= 0.6 is 22.9 Å². The molecule has 0 spiro atoms. The predicted molar refractivity (Wildman–Crippen MR) is 90.4 cm³/mol. The number of nitrogens with one attached hydrogen (secondary N) is 1. The third kappa shape index (κ3) is 2.60. The molecule has 3 rings (SSSR count). The van der Waals surface area contributed by atoms with Gasteiger partial charge in [0.05, 0.1) is 5.69 Å². The Labute approximate surface area is 131 Å². The number of thiophene rings is 1. The van der Waals surface area contributed by atoms with Gasteiger partial charge in [-0.2, -0.15) is 0 Å². The van der Waals surface area contributed by atoms with E-state index in [1.165, 1.54) is 11.3 Å². The number of para-hydroxylation sites is 1. The number of nitrogens with two attached hydrogens (primary N) is 1. The second-order valence-electron chi connectivity index (χ2n) is 4.75. The van der Waals surface area contributed by atoms with Gasteiger partial charge in [0, 0.05) is 20.8 Å². The normalized spacial score (nSPS) is 10.8. The van der Waals surface area contributed by atoms with Crippen LogP contribution in [0, 0.1) is 6.92 Å². The summed E-state index contributed by atoms with van der Waals surface area (Å²) < 4.78 is 0.912. The number of hydrogen-bond acceptors (Lipinski definition) is 3. The number of hydrogen-bond donors (Lipinski definition) is 2. The second kappa shape index (κ2) is 5.39. The molecule has 0 aliphatic carbocycles. The van der Waals surface area contributed by atoms with Gasteiger partial charge < -0.3 is 11.1 Å². The van der Waals surface area contributed by atoms with Crippen molar-refractivity contribution < 1.29 is 4.79 Å². The van der Waals surface area contributed by atoms with Crippen LogP contribution in [-0.2, 0) is 0 Å². The van der Waals surface area contributed by atoms with Crippen LogP contribution in [0.3, 0.4) is 0 Å². The van der Waals surface area contributed by atoms with Crippen LogP contribution in [0.25, 0.3) is 10.1 Å². The molecule has 0 fully saturated rings. The number of amides is 1. The second-order valence-corrected chi connectivity index (χ2v) is 6.24. The Morgan fingerprint density at radius 3 is 2.76 bits per heavy atom. The maximum absolute atomic E-state index is 12.4. The fourth-order valence-corrected chi connectivity index (χ4v) is 3.45. The van der Waals surface area contributed by atoms with Gasteiger partial charge >= 0.3 is 0 Å². The summed E-state index contributed by atoms with van der Waals surface area (Å²) in [6.07, 6.45) is 0. The molecular formula is C16H13ClN2OS. The number of aryl methyl sites for hydroxylation is 1. The molecule has 1 aromatic heterocycles. The van der Waals surface area contributed by atoms with Gasteiger partial charge in [-0.15, -0.1) is 11.3 Å². The SMILES string of the molecule is Cc1ccccc1NC(=O)c1sc2cc(Cl)ccc2c1N. The van der Waals surface area contributed by atoms with Gasteiger partial charge in [0.2, 0.25) is 0 Å². The van der Waals surface area contributed by atoms with Gasteiger partial charge in [-0.25, -0.2) is 0 Å². The minimum Gasteiger partial charge on any atom is -0.397 e. The lowest BCUT2D eigenvalue weighted by Gasteiger charge is -2.07. The molecular weight excluding hydrogens is 304 g/mol. The van der Waals surface area contributed by atoms with Crippen LogP contribution in [0.5, 0.6) is 0 Å². The van der Waals surface area contributed by atoms with Crippen LogP contribution in [0.1, 0.15) is 15.2 Å². The van der Waals surface area contributed by atoms with Crippen LogP contribution in [0.15, 0.2) is 42.5 Å². The first-order valence-corrected chi connectivity index (χ1v) is 7.60. The van der Waals surface area contributed by atoms with E-state index in [4.69, 9.17) is 17.3 Å². The molecule has 21 heavy (non-hydrogen) atoms. The Hall–Kier alpha value is -2.04. The highest BCUT2D eigenvalue weighted by Gasteiger charge is 2.17. The predicted octanol–water partition coefficient (Wildman–Crippen LogP) is 4.70. The van der Waals surface area contributed by atoms with Gasteiger partial charge in [-0.3, -0.25) is 4.79 Å². The molecule has 0 saturated heterocycles. The molecule has 0 bridgehead atoms. The average molecular weight is 317 g/mol. The molecule has 106 valence electrons. The number of halogens is 1. The Balaban J connectivity index is 1.98. The first-order chi connectivity index (χ1) is 10.1. The Bertz CT molecular complexity index is 841. The van der Waals surface area contributed by atoms with E-state index >= 15 is 0 Å². The highest BCUT2D eigenvalue weighted by Crippen LogP contribution is 2.35. The van der Waals surface area contributed by atoms with Crippen molar-refractivity contribution in [2.45, 2.75) is 6.92 Å². The summed E-state index contributed by atoms with van der Waals surface area (Å²) in [6, 6.07) is 13.1. The fraction of sp³-hybridized carbons (Fsp3) is 0.0625. The summed E-state index contributed by atoms with van der Waals surface area (Å²) in [4.78, 5) is 12.9. The van der Waals surface area contributed by atoms with Crippen LogP contribution in [0.4, 0.5) is 11.4 Å². The third-order valence-electron chi connectivity index (χ3n) is 3.29.